The summed E-state index contributed by atoms with van der Waals surface area (Å²) in [6.07, 6.45) is -2.72. The van der Waals surface area contributed by atoms with Crippen molar-refractivity contribution in [3.05, 3.63) is 0 Å². The summed E-state index contributed by atoms with van der Waals surface area (Å²) in [5, 5.41) is 49.2. The Morgan fingerprint density at radius 1 is 1.17 bits per heavy atom. The molecular formula is C9H14BiN3O9S. The van der Waals surface area contributed by atoms with E-state index in [0.717, 1.165) is 0 Å². The number of rotatable bonds is 7. The number of hydrogen-bond donors (Lipinski definition) is 4. The van der Waals surface area contributed by atoms with Gasteiger partial charge >= 0.3 is 26.2 Å². The second kappa shape index (κ2) is 10.4. The molecule has 0 aromatic rings. The van der Waals surface area contributed by atoms with Crippen molar-refractivity contribution in [3.63, 3.8) is 0 Å². The van der Waals surface area contributed by atoms with Crippen LogP contribution in [0, 0.1) is 5.41 Å². The summed E-state index contributed by atoms with van der Waals surface area (Å²) in [6, 6.07) is 0. The quantitative estimate of drug-likeness (QED) is 0.133. The molecule has 130 valence electrons. The van der Waals surface area contributed by atoms with Gasteiger partial charge in [0, 0.05) is 24.8 Å². The number of hydrogen-bond acceptors (Lipinski definition) is 10. The molecule has 0 aliphatic carbocycles. The fourth-order valence-corrected chi connectivity index (χ4v) is 1.22. The number of aliphatic hydroxyl groups is 1. The number of aliphatic carboxylic acids is 3. The number of carboxylic acid groups (broad SMARTS) is 3. The fourth-order valence-electron chi connectivity index (χ4n) is 0.861. The molecule has 0 aromatic heterocycles. The molecule has 1 atom stereocenters. The first-order chi connectivity index (χ1) is 9.63. The van der Waals surface area contributed by atoms with E-state index < -0.39 is 57.5 Å². The maximum absolute atomic E-state index is 10.3. The molecule has 23 heavy (non-hydrogen) atoms. The van der Waals surface area contributed by atoms with Gasteiger partial charge in [0.25, 0.3) is 0 Å². The van der Waals surface area contributed by atoms with Gasteiger partial charge in [-0.1, -0.05) is 0 Å². The van der Waals surface area contributed by atoms with Gasteiger partial charge in [-0.15, -0.1) is 0 Å². The van der Waals surface area contributed by atoms with Gasteiger partial charge in [-0.3, -0.25) is 5.41 Å². The van der Waals surface area contributed by atoms with Gasteiger partial charge in [0.15, 0.2) is 0 Å². The summed E-state index contributed by atoms with van der Waals surface area (Å²) in [5.74, 6) is -6.42. The third-order valence-electron chi connectivity index (χ3n) is 2.18. The second-order valence-corrected chi connectivity index (χ2v) is 5.99. The number of primary sulfonamides is 1. The van der Waals surface area contributed by atoms with Gasteiger partial charge in [-0.05, 0) is 6.92 Å². The Morgan fingerprint density at radius 3 is 1.57 bits per heavy atom. The zero-order valence-electron chi connectivity index (χ0n) is 11.7. The van der Waals surface area contributed by atoms with E-state index in [1.54, 1.807) is 0 Å². The van der Waals surface area contributed by atoms with Crippen LogP contribution in [0.15, 0.2) is 0 Å². The predicted molar refractivity (Wildman–Crippen MR) is 69.4 cm³/mol. The summed E-state index contributed by atoms with van der Waals surface area (Å²) in [4.78, 5) is 30.0. The summed E-state index contributed by atoms with van der Waals surface area (Å²) in [5.41, 5.74) is 1.87. The molecule has 0 bridgehead atoms. The average molecular weight is 549 g/mol. The molecule has 0 fully saturated rings. The summed E-state index contributed by atoms with van der Waals surface area (Å²) in [7, 11) is -3.65. The average Bonchev–Trinajstić information content (AvgIpc) is 2.24. The van der Waals surface area contributed by atoms with Crippen LogP contribution in [0.3, 0.4) is 0 Å². The smallest absolute Gasteiger partial charge is 0.550 e. The first kappa shape index (κ1) is 26.5. The number of sulfonamides is 1. The maximum atomic E-state index is 10.3. The van der Waals surface area contributed by atoms with Crippen LogP contribution < -0.4 is 26.2 Å². The van der Waals surface area contributed by atoms with E-state index in [-0.39, 0.29) is 26.2 Å². The van der Waals surface area contributed by atoms with Crippen molar-refractivity contribution in [2.75, 3.05) is 0 Å². The molecule has 0 heterocycles. The van der Waals surface area contributed by atoms with Crippen LogP contribution in [0.1, 0.15) is 19.8 Å². The molecule has 12 nitrogen and oxygen atoms in total. The summed E-state index contributed by atoms with van der Waals surface area (Å²) in [6.45, 7) is 1.26. The molecule has 14 heteroatoms. The van der Waals surface area contributed by atoms with Crippen LogP contribution in [0.5, 0.6) is 0 Å². The van der Waals surface area contributed by atoms with Crippen molar-refractivity contribution in [2.45, 2.75) is 30.6 Å². The minimum atomic E-state index is -3.65. The summed E-state index contributed by atoms with van der Waals surface area (Å²) < 4.78 is 20.7. The van der Waals surface area contributed by atoms with Crippen molar-refractivity contribution in [1.29, 1.82) is 5.41 Å². The van der Waals surface area contributed by atoms with Crippen LogP contribution in [0.2, 0.25) is 0 Å². The normalized spacial score (nSPS) is 12.0. The predicted octanol–water partition coefficient (Wildman–Crippen LogP) is -7.03. The van der Waals surface area contributed by atoms with Crippen LogP contribution in [0.25, 0.3) is 0 Å². The van der Waals surface area contributed by atoms with Crippen molar-refractivity contribution < 1.29 is 43.2 Å². The number of amidine groups is 1. The number of carboxylic acids is 3. The minimum Gasteiger partial charge on any atom is -0.550 e. The largest absolute Gasteiger partial charge is 3.00 e. The molecule has 0 saturated carbocycles. The molecule has 0 aliphatic heterocycles. The molecule has 0 aromatic carbocycles. The van der Waals surface area contributed by atoms with E-state index in [2.05, 4.69) is 5.14 Å². The molecular weight excluding hydrogens is 535 g/mol. The minimum absolute atomic E-state index is 0. The Morgan fingerprint density at radius 2 is 1.48 bits per heavy atom. The van der Waals surface area contributed by atoms with Crippen molar-refractivity contribution >= 4 is 60.0 Å². The van der Waals surface area contributed by atoms with Gasteiger partial charge < -0.3 is 40.5 Å². The molecule has 0 amide bonds. The molecule has 0 saturated heterocycles. The van der Waals surface area contributed by atoms with Gasteiger partial charge in [-0.25, -0.2) is 13.6 Å². The third-order valence-corrected chi connectivity index (χ3v) is 3.42. The Kier molecular flexibility index (Phi) is 12.0. The van der Waals surface area contributed by atoms with Gasteiger partial charge in [-0.2, -0.15) is 0 Å². The number of carbonyl (C=O) groups is 3. The van der Waals surface area contributed by atoms with E-state index in [1.165, 1.54) is 6.92 Å². The first-order valence-electron chi connectivity index (χ1n) is 5.32. The van der Waals surface area contributed by atoms with Crippen molar-refractivity contribution in [3.8, 4) is 0 Å². The van der Waals surface area contributed by atoms with E-state index in [4.69, 9.17) is 16.2 Å². The van der Waals surface area contributed by atoms with Gasteiger partial charge in [0.1, 0.15) is 16.7 Å². The van der Waals surface area contributed by atoms with E-state index in [1.807, 2.05) is 0 Å². The molecule has 0 rings (SSSR count). The number of nitrogens with one attached hydrogen (secondary N) is 1. The molecule has 6 N–H and O–H groups in total. The SMILES string of the molecule is CC(C(=N)N)S(N)(=O)=O.O=C([O-])CC(O)(CC(=O)[O-])C(=O)[O-].[Bi+3]. The van der Waals surface area contributed by atoms with Crippen LogP contribution in [-0.2, 0) is 24.4 Å². The van der Waals surface area contributed by atoms with Crippen LogP contribution in [-0.4, -0.2) is 74.3 Å². The Labute approximate surface area is 150 Å². The zero-order chi connectivity index (χ0) is 18.3. The Balaban J connectivity index is -0.000000354. The molecule has 0 spiro atoms. The standard InChI is InChI=1S/C6H8O7.C3H9N3O2S.Bi/c7-3(8)1-6(13,5(11)12)2-4(9)10;1-2(3(4)5)9(6,7)8;/h13H,1-2H2,(H,7,8)(H,9,10)(H,11,12);2H,1H3,(H3,4,5)(H2,6,7,8);/q;;+3/p-3. The Hall–Kier alpha value is -1.37. The van der Waals surface area contributed by atoms with Crippen LogP contribution in [0.4, 0.5) is 0 Å². The topological polar surface area (TPSA) is 251 Å². The maximum Gasteiger partial charge on any atom is 3.00 e. The summed E-state index contributed by atoms with van der Waals surface area (Å²) >= 11 is 0. The van der Waals surface area contributed by atoms with E-state index in [0.29, 0.717) is 0 Å². The number of carbonyl (C=O) groups excluding carboxylic acids is 3. The first-order valence-corrected chi connectivity index (χ1v) is 6.93. The van der Waals surface area contributed by atoms with Gasteiger partial charge in [0.2, 0.25) is 10.0 Å². The monoisotopic (exact) mass is 549 g/mol. The van der Waals surface area contributed by atoms with Crippen molar-refractivity contribution in [1.82, 2.24) is 0 Å². The Bertz CT molecular complexity index is 547. The van der Waals surface area contributed by atoms with Crippen LogP contribution >= 0.6 is 0 Å². The fraction of sp³-hybridized carbons (Fsp3) is 0.556. The van der Waals surface area contributed by atoms with Crippen molar-refractivity contribution in [2.24, 2.45) is 10.9 Å². The van der Waals surface area contributed by atoms with E-state index in [9.17, 15) is 38.1 Å². The van der Waals surface area contributed by atoms with Gasteiger partial charge in [0.05, 0.1) is 5.97 Å². The third kappa shape index (κ3) is 11.8. The molecule has 2 radical (unpaired) electrons. The molecule has 1 unspecified atom stereocenters. The zero-order valence-corrected chi connectivity index (χ0v) is 16.0. The number of nitrogens with two attached hydrogens (primary N) is 2. The molecule has 0 aliphatic rings. The second-order valence-electron chi connectivity index (χ2n) is 4.10. The van der Waals surface area contributed by atoms with E-state index >= 15 is 0 Å².